The highest BCUT2D eigenvalue weighted by molar-refractivity contribution is 7.99. The third-order valence-corrected chi connectivity index (χ3v) is 6.25. The van der Waals surface area contributed by atoms with E-state index in [-0.39, 0.29) is 0 Å². The summed E-state index contributed by atoms with van der Waals surface area (Å²) in [5.41, 5.74) is 8.24. The highest BCUT2D eigenvalue weighted by Crippen LogP contribution is 2.27. The highest BCUT2D eigenvalue weighted by Gasteiger charge is 2.21. The number of nitrogens with zero attached hydrogens (tertiary/aromatic N) is 6. The van der Waals surface area contributed by atoms with Crippen LogP contribution in [0, 0.1) is 0 Å². The molecule has 1 aliphatic rings. The van der Waals surface area contributed by atoms with Crippen LogP contribution in [-0.2, 0) is 6.54 Å². The summed E-state index contributed by atoms with van der Waals surface area (Å²) < 4.78 is 1.85. The van der Waals surface area contributed by atoms with Crippen LogP contribution in [0.1, 0.15) is 24.8 Å². The number of nitrogens with one attached hydrogen (secondary N) is 1. The summed E-state index contributed by atoms with van der Waals surface area (Å²) in [7, 11) is 0. The molecule has 2 aromatic heterocycles. The van der Waals surface area contributed by atoms with E-state index in [2.05, 4.69) is 20.5 Å². The number of rotatable bonds is 9. The zero-order chi connectivity index (χ0) is 20.8. The molecule has 0 atom stereocenters. The van der Waals surface area contributed by atoms with Crippen molar-refractivity contribution in [2.75, 3.05) is 43.4 Å². The minimum absolute atomic E-state index is 0.590. The van der Waals surface area contributed by atoms with E-state index >= 15 is 0 Å². The van der Waals surface area contributed by atoms with Gasteiger partial charge in [0.2, 0.25) is 0 Å². The van der Waals surface area contributed by atoms with Crippen molar-refractivity contribution >= 4 is 40.3 Å². The molecule has 3 heterocycles. The molecule has 0 radical (unpaired) electrons. The summed E-state index contributed by atoms with van der Waals surface area (Å²) in [6, 6.07) is 7.78. The number of thioether (sulfide) groups is 1. The molecular weight excluding hydrogens is 420 g/mol. The minimum atomic E-state index is 0.590. The Morgan fingerprint density at radius 2 is 1.87 bits per heavy atom. The molecular formula is C20H27ClN8S. The molecule has 3 aromatic rings. The van der Waals surface area contributed by atoms with Crippen molar-refractivity contribution in [2.45, 2.75) is 31.0 Å². The lowest BCUT2D eigenvalue weighted by Crippen LogP contribution is -2.44. The summed E-state index contributed by atoms with van der Waals surface area (Å²) in [4.78, 5) is 12.0. The second kappa shape index (κ2) is 10.4. The van der Waals surface area contributed by atoms with Gasteiger partial charge in [0, 0.05) is 37.0 Å². The molecule has 0 spiro atoms. The van der Waals surface area contributed by atoms with Gasteiger partial charge >= 0.3 is 0 Å². The fourth-order valence-corrected chi connectivity index (χ4v) is 4.40. The van der Waals surface area contributed by atoms with Crippen LogP contribution < -0.4 is 16.0 Å². The second-order valence-electron chi connectivity index (χ2n) is 7.31. The highest BCUT2D eigenvalue weighted by atomic mass is 35.5. The van der Waals surface area contributed by atoms with Gasteiger partial charge in [-0.05, 0) is 37.1 Å². The molecule has 1 saturated heterocycles. The Balaban J connectivity index is 1.62. The zero-order valence-electron chi connectivity index (χ0n) is 16.9. The van der Waals surface area contributed by atoms with Gasteiger partial charge in [0.15, 0.2) is 22.1 Å². The molecule has 160 valence electrons. The predicted octanol–water partition coefficient (Wildman–Crippen LogP) is 2.55. The van der Waals surface area contributed by atoms with Gasteiger partial charge in [-0.15, -0.1) is 5.10 Å². The summed E-state index contributed by atoms with van der Waals surface area (Å²) in [6.07, 6.45) is 3.30. The number of hydrogen-bond donors (Lipinski definition) is 2. The van der Waals surface area contributed by atoms with Crippen molar-refractivity contribution in [3.8, 4) is 0 Å². The number of anilines is 1. The number of fused-ring (bicyclic) bond motifs is 1. The van der Waals surface area contributed by atoms with Crippen molar-refractivity contribution in [1.82, 2.24) is 30.3 Å². The molecule has 10 heteroatoms. The summed E-state index contributed by atoms with van der Waals surface area (Å²) in [5.74, 6) is 1.86. The van der Waals surface area contributed by atoms with E-state index in [4.69, 9.17) is 27.3 Å². The average molecular weight is 447 g/mol. The Hall–Kier alpha value is -1.94. The number of unbranched alkanes of at least 4 members (excludes halogenated alkanes) is 2. The number of benzene rings is 1. The van der Waals surface area contributed by atoms with Crippen molar-refractivity contribution in [3.63, 3.8) is 0 Å². The smallest absolute Gasteiger partial charge is 0.191 e. The van der Waals surface area contributed by atoms with Crippen LogP contribution in [0.25, 0.3) is 11.2 Å². The monoisotopic (exact) mass is 446 g/mol. The van der Waals surface area contributed by atoms with Gasteiger partial charge in [0.1, 0.15) is 0 Å². The molecule has 0 bridgehead atoms. The fraction of sp³-hybridized carbons (Fsp3) is 0.500. The molecule has 4 rings (SSSR count). The van der Waals surface area contributed by atoms with E-state index in [0.717, 1.165) is 90.5 Å². The van der Waals surface area contributed by atoms with Gasteiger partial charge in [-0.25, -0.2) is 14.6 Å². The summed E-state index contributed by atoms with van der Waals surface area (Å²) in [5, 5.41) is 13.7. The Morgan fingerprint density at radius 3 is 2.63 bits per heavy atom. The Bertz CT molecular complexity index is 955. The first-order valence-electron chi connectivity index (χ1n) is 10.4. The first kappa shape index (κ1) is 21.3. The lowest BCUT2D eigenvalue weighted by Gasteiger charge is -2.28. The van der Waals surface area contributed by atoms with Crippen LogP contribution in [0.2, 0.25) is 5.02 Å². The van der Waals surface area contributed by atoms with Gasteiger partial charge < -0.3 is 16.0 Å². The average Bonchev–Trinajstić information content (AvgIpc) is 3.18. The molecule has 8 nitrogen and oxygen atoms in total. The summed E-state index contributed by atoms with van der Waals surface area (Å²) in [6.45, 7) is 5.01. The first-order chi connectivity index (χ1) is 14.7. The van der Waals surface area contributed by atoms with Crippen LogP contribution >= 0.6 is 23.4 Å². The maximum absolute atomic E-state index is 6.02. The molecule has 3 N–H and O–H groups in total. The Labute approximate surface area is 185 Å². The van der Waals surface area contributed by atoms with E-state index in [1.807, 2.05) is 28.9 Å². The Morgan fingerprint density at radius 1 is 1.07 bits per heavy atom. The number of piperazine rings is 1. The first-order valence-corrected chi connectivity index (χ1v) is 11.7. The van der Waals surface area contributed by atoms with E-state index in [1.54, 1.807) is 11.8 Å². The number of halogens is 1. The van der Waals surface area contributed by atoms with Crippen LogP contribution in [0.3, 0.4) is 0 Å². The molecule has 0 saturated carbocycles. The third kappa shape index (κ3) is 5.21. The fourth-order valence-electron chi connectivity index (χ4n) is 3.44. The zero-order valence-corrected chi connectivity index (χ0v) is 18.5. The van der Waals surface area contributed by atoms with Crippen LogP contribution in [0.4, 0.5) is 5.82 Å². The molecule has 0 unspecified atom stereocenters. The Kier molecular flexibility index (Phi) is 7.37. The van der Waals surface area contributed by atoms with Gasteiger partial charge in [-0.1, -0.05) is 47.1 Å². The predicted molar refractivity (Wildman–Crippen MR) is 122 cm³/mol. The SMILES string of the molecule is NCCCCCSc1nc(N2CCNCC2)c2nnn(Cc3ccc(Cl)cc3)c2n1. The lowest BCUT2D eigenvalue weighted by atomic mass is 10.2. The molecule has 1 aromatic carbocycles. The van der Waals surface area contributed by atoms with Crippen molar-refractivity contribution < 1.29 is 0 Å². The van der Waals surface area contributed by atoms with Crippen molar-refractivity contribution in [3.05, 3.63) is 34.9 Å². The molecule has 30 heavy (non-hydrogen) atoms. The second-order valence-corrected chi connectivity index (χ2v) is 8.81. The van der Waals surface area contributed by atoms with E-state index < -0.39 is 0 Å². The lowest BCUT2D eigenvalue weighted by molar-refractivity contribution is 0.584. The quantitative estimate of drug-likeness (QED) is 0.294. The number of hydrogen-bond acceptors (Lipinski definition) is 8. The van der Waals surface area contributed by atoms with E-state index in [9.17, 15) is 0 Å². The van der Waals surface area contributed by atoms with Crippen molar-refractivity contribution in [2.24, 2.45) is 5.73 Å². The van der Waals surface area contributed by atoms with Crippen molar-refractivity contribution in [1.29, 1.82) is 0 Å². The van der Waals surface area contributed by atoms with E-state index in [0.29, 0.717) is 6.54 Å². The molecule has 0 amide bonds. The summed E-state index contributed by atoms with van der Waals surface area (Å²) >= 11 is 7.71. The largest absolute Gasteiger partial charge is 0.352 e. The molecule has 0 aliphatic carbocycles. The third-order valence-electron chi connectivity index (χ3n) is 5.07. The normalized spacial score (nSPS) is 14.5. The van der Waals surface area contributed by atoms with Gasteiger partial charge in [0.05, 0.1) is 6.54 Å². The molecule has 1 aliphatic heterocycles. The maximum atomic E-state index is 6.02. The topological polar surface area (TPSA) is 97.8 Å². The van der Waals surface area contributed by atoms with Crippen LogP contribution in [-0.4, -0.2) is 63.4 Å². The minimum Gasteiger partial charge on any atom is -0.352 e. The molecule has 1 fully saturated rings. The van der Waals surface area contributed by atoms with Gasteiger partial charge in [-0.2, -0.15) is 0 Å². The van der Waals surface area contributed by atoms with E-state index in [1.165, 1.54) is 0 Å². The van der Waals surface area contributed by atoms with Gasteiger partial charge in [0.25, 0.3) is 0 Å². The van der Waals surface area contributed by atoms with Crippen LogP contribution in [0.15, 0.2) is 29.4 Å². The van der Waals surface area contributed by atoms with Gasteiger partial charge in [-0.3, -0.25) is 0 Å². The standard InChI is InChI=1S/C20H27ClN8S/c21-16-6-4-15(5-7-16)14-29-19-17(26-27-29)18(28-11-9-23-10-12-28)24-20(25-19)30-13-3-1-2-8-22/h4-7,23H,1-3,8-14,22H2. The van der Waals surface area contributed by atoms with Crippen LogP contribution in [0.5, 0.6) is 0 Å². The number of aromatic nitrogens is 5. The number of nitrogens with two attached hydrogens (primary N) is 1. The maximum Gasteiger partial charge on any atom is 0.191 e.